The van der Waals surface area contributed by atoms with Crippen LogP contribution in [0.25, 0.3) is 22.8 Å². The molecule has 0 aliphatic heterocycles. The summed E-state index contributed by atoms with van der Waals surface area (Å²) in [6, 6.07) is 13.3. The summed E-state index contributed by atoms with van der Waals surface area (Å²) in [6.45, 7) is 0. The Morgan fingerprint density at radius 1 is 1.00 bits per heavy atom. The number of aromatic nitrogens is 2. The maximum Gasteiger partial charge on any atom is 0.335 e. The summed E-state index contributed by atoms with van der Waals surface area (Å²) < 4.78 is 5.19. The number of nitrogens with zero attached hydrogens (tertiary/aromatic N) is 2. The van der Waals surface area contributed by atoms with Gasteiger partial charge in [-0.2, -0.15) is 4.98 Å². The van der Waals surface area contributed by atoms with Gasteiger partial charge in [-0.05, 0) is 48.5 Å². The third-order valence-corrected chi connectivity index (χ3v) is 3.16. The zero-order valence-electron chi connectivity index (χ0n) is 10.7. The topological polar surface area (TPSA) is 76.2 Å². The highest BCUT2D eigenvalue weighted by Crippen LogP contribution is 2.23. The van der Waals surface area contributed by atoms with Crippen molar-refractivity contribution in [3.63, 3.8) is 0 Å². The Morgan fingerprint density at radius 2 is 1.62 bits per heavy atom. The Kier molecular flexibility index (Phi) is 3.41. The maximum absolute atomic E-state index is 10.8. The minimum Gasteiger partial charge on any atom is -0.478 e. The Hall–Kier alpha value is -2.66. The third kappa shape index (κ3) is 2.78. The molecule has 3 rings (SSSR count). The fraction of sp³-hybridized carbons (Fsp3) is 0. The molecule has 6 heteroatoms. The molecule has 0 fully saturated rings. The van der Waals surface area contributed by atoms with Crippen molar-refractivity contribution >= 4 is 17.6 Å². The normalized spacial score (nSPS) is 10.5. The molecule has 0 unspecified atom stereocenters. The number of carbonyl (C=O) groups is 1. The van der Waals surface area contributed by atoms with Crippen molar-refractivity contribution in [3.8, 4) is 22.8 Å². The standard InChI is InChI=1S/C15H9ClN2O3/c16-12-7-5-9(6-8-12)13-17-14(21-18-13)10-1-3-11(4-2-10)15(19)20/h1-8H,(H,19,20). The first-order chi connectivity index (χ1) is 10.1. The number of aromatic carboxylic acids is 1. The molecule has 0 radical (unpaired) electrons. The van der Waals surface area contributed by atoms with E-state index in [2.05, 4.69) is 10.1 Å². The lowest BCUT2D eigenvalue weighted by molar-refractivity contribution is 0.0697. The number of hydrogen-bond acceptors (Lipinski definition) is 4. The van der Waals surface area contributed by atoms with Crippen LogP contribution in [-0.2, 0) is 0 Å². The summed E-state index contributed by atoms with van der Waals surface area (Å²) in [4.78, 5) is 15.1. The molecule has 0 spiro atoms. The highest BCUT2D eigenvalue weighted by Gasteiger charge is 2.11. The second kappa shape index (κ2) is 5.38. The highest BCUT2D eigenvalue weighted by molar-refractivity contribution is 6.30. The van der Waals surface area contributed by atoms with E-state index >= 15 is 0 Å². The second-order valence-corrected chi connectivity index (χ2v) is 4.75. The molecular weight excluding hydrogens is 292 g/mol. The monoisotopic (exact) mass is 300 g/mol. The van der Waals surface area contributed by atoms with Crippen LogP contribution in [-0.4, -0.2) is 21.2 Å². The molecular formula is C15H9ClN2O3. The Balaban J connectivity index is 1.90. The van der Waals surface area contributed by atoms with E-state index in [4.69, 9.17) is 21.2 Å². The zero-order chi connectivity index (χ0) is 14.8. The van der Waals surface area contributed by atoms with Crippen molar-refractivity contribution in [2.45, 2.75) is 0 Å². The lowest BCUT2D eigenvalue weighted by Crippen LogP contribution is -1.94. The summed E-state index contributed by atoms with van der Waals surface area (Å²) in [6.07, 6.45) is 0. The third-order valence-electron chi connectivity index (χ3n) is 2.91. The Bertz CT molecular complexity index is 779. The second-order valence-electron chi connectivity index (χ2n) is 4.31. The van der Waals surface area contributed by atoms with Crippen LogP contribution in [0.1, 0.15) is 10.4 Å². The first kappa shape index (κ1) is 13.3. The lowest BCUT2D eigenvalue weighted by atomic mass is 10.1. The molecule has 0 saturated carbocycles. The van der Waals surface area contributed by atoms with Crippen LogP contribution in [0.5, 0.6) is 0 Å². The van der Waals surface area contributed by atoms with Gasteiger partial charge in [0.2, 0.25) is 5.82 Å². The van der Waals surface area contributed by atoms with Crippen LogP contribution in [0.15, 0.2) is 53.1 Å². The van der Waals surface area contributed by atoms with Crippen LogP contribution < -0.4 is 0 Å². The van der Waals surface area contributed by atoms with Gasteiger partial charge in [0.1, 0.15) is 0 Å². The van der Waals surface area contributed by atoms with Gasteiger partial charge in [0, 0.05) is 16.1 Å². The van der Waals surface area contributed by atoms with Gasteiger partial charge in [-0.3, -0.25) is 0 Å². The number of carboxylic acid groups (broad SMARTS) is 1. The van der Waals surface area contributed by atoms with Gasteiger partial charge in [-0.1, -0.05) is 16.8 Å². The summed E-state index contributed by atoms with van der Waals surface area (Å²) in [5, 5.41) is 13.4. The molecule has 3 aromatic rings. The van der Waals surface area contributed by atoms with E-state index in [-0.39, 0.29) is 5.56 Å². The van der Waals surface area contributed by atoms with E-state index in [0.717, 1.165) is 5.56 Å². The average Bonchev–Trinajstić information content (AvgIpc) is 2.98. The minimum atomic E-state index is -0.978. The van der Waals surface area contributed by atoms with Crippen molar-refractivity contribution in [2.24, 2.45) is 0 Å². The molecule has 104 valence electrons. The smallest absolute Gasteiger partial charge is 0.335 e. The van der Waals surface area contributed by atoms with Gasteiger partial charge < -0.3 is 9.63 Å². The predicted molar refractivity (Wildman–Crippen MR) is 77.1 cm³/mol. The molecule has 0 aliphatic rings. The van der Waals surface area contributed by atoms with E-state index in [1.54, 1.807) is 36.4 Å². The van der Waals surface area contributed by atoms with Crippen LogP contribution in [0.2, 0.25) is 5.02 Å². The molecule has 21 heavy (non-hydrogen) atoms. The Labute approximate surface area is 124 Å². The summed E-state index contributed by atoms with van der Waals surface area (Å²) >= 11 is 5.83. The van der Waals surface area contributed by atoms with Gasteiger partial charge in [0.05, 0.1) is 5.56 Å². The van der Waals surface area contributed by atoms with E-state index in [0.29, 0.717) is 22.3 Å². The van der Waals surface area contributed by atoms with E-state index < -0.39 is 5.97 Å². The molecule has 0 saturated heterocycles. The highest BCUT2D eigenvalue weighted by atomic mass is 35.5. The molecule has 5 nitrogen and oxygen atoms in total. The van der Waals surface area contributed by atoms with Crippen molar-refractivity contribution < 1.29 is 14.4 Å². The first-order valence-corrected chi connectivity index (χ1v) is 6.44. The maximum atomic E-state index is 10.8. The van der Waals surface area contributed by atoms with Gasteiger partial charge in [-0.15, -0.1) is 0 Å². The summed E-state index contributed by atoms with van der Waals surface area (Å²) in [5.74, 6) is -0.199. The fourth-order valence-corrected chi connectivity index (χ4v) is 1.94. The van der Waals surface area contributed by atoms with Crippen LogP contribution in [0, 0.1) is 0 Å². The van der Waals surface area contributed by atoms with Gasteiger partial charge in [0.15, 0.2) is 0 Å². The number of rotatable bonds is 3. The number of halogens is 1. The van der Waals surface area contributed by atoms with Crippen LogP contribution in [0.3, 0.4) is 0 Å². The average molecular weight is 301 g/mol. The van der Waals surface area contributed by atoms with Crippen molar-refractivity contribution in [1.29, 1.82) is 0 Å². The molecule has 0 bridgehead atoms. The van der Waals surface area contributed by atoms with Crippen LogP contribution in [0.4, 0.5) is 0 Å². The molecule has 1 heterocycles. The van der Waals surface area contributed by atoms with Crippen molar-refractivity contribution in [3.05, 3.63) is 59.1 Å². The SMILES string of the molecule is O=C(O)c1ccc(-c2nc(-c3ccc(Cl)cc3)no2)cc1. The molecule has 1 aromatic heterocycles. The van der Waals surface area contributed by atoms with E-state index in [9.17, 15) is 4.79 Å². The quantitative estimate of drug-likeness (QED) is 0.797. The van der Waals surface area contributed by atoms with Crippen LogP contribution >= 0.6 is 11.6 Å². The number of benzene rings is 2. The molecule has 1 N–H and O–H groups in total. The van der Waals surface area contributed by atoms with Gasteiger partial charge in [-0.25, -0.2) is 4.79 Å². The molecule has 0 aliphatic carbocycles. The predicted octanol–water partition coefficient (Wildman–Crippen LogP) is 3.76. The summed E-state index contributed by atoms with van der Waals surface area (Å²) in [5.41, 5.74) is 1.65. The fourth-order valence-electron chi connectivity index (χ4n) is 1.81. The number of hydrogen-bond donors (Lipinski definition) is 1. The lowest BCUT2D eigenvalue weighted by Gasteiger charge is -1.96. The van der Waals surface area contributed by atoms with Gasteiger partial charge in [0.25, 0.3) is 5.89 Å². The van der Waals surface area contributed by atoms with Crippen molar-refractivity contribution in [1.82, 2.24) is 10.1 Å². The molecule has 2 aromatic carbocycles. The zero-order valence-corrected chi connectivity index (χ0v) is 11.4. The van der Waals surface area contributed by atoms with E-state index in [1.165, 1.54) is 12.1 Å². The molecule has 0 amide bonds. The Morgan fingerprint density at radius 3 is 2.24 bits per heavy atom. The van der Waals surface area contributed by atoms with E-state index in [1.807, 2.05) is 0 Å². The largest absolute Gasteiger partial charge is 0.478 e. The minimum absolute atomic E-state index is 0.205. The summed E-state index contributed by atoms with van der Waals surface area (Å²) in [7, 11) is 0. The van der Waals surface area contributed by atoms with Gasteiger partial charge >= 0.3 is 5.97 Å². The van der Waals surface area contributed by atoms with Crippen molar-refractivity contribution in [2.75, 3.05) is 0 Å². The number of carboxylic acids is 1. The molecule has 0 atom stereocenters. The first-order valence-electron chi connectivity index (χ1n) is 6.07.